The molecule has 0 radical (unpaired) electrons. The highest BCUT2D eigenvalue weighted by Gasteiger charge is 2.21. The molecule has 5 rings (SSSR count). The van der Waals surface area contributed by atoms with E-state index in [4.69, 9.17) is 9.72 Å². The molecular formula is C26H21N3O4S. The molecule has 1 aliphatic heterocycles. The van der Waals surface area contributed by atoms with Gasteiger partial charge in [0.2, 0.25) is 0 Å². The Kier molecular flexibility index (Phi) is 5.90. The summed E-state index contributed by atoms with van der Waals surface area (Å²) in [5.74, 6) is 0.213. The number of Topliss-reactive ketones (excluding diaryl/α,β-unsaturated/α-hetero) is 1. The van der Waals surface area contributed by atoms with E-state index >= 15 is 0 Å². The molecule has 1 amide bonds. The third-order valence-corrected chi connectivity index (χ3v) is 6.66. The highest BCUT2D eigenvalue weighted by atomic mass is 32.2. The fraction of sp³-hybridized carbons (Fsp3) is 0.154. The maximum Gasteiger partial charge on any atom is 0.262 e. The van der Waals surface area contributed by atoms with Crippen molar-refractivity contribution in [2.45, 2.75) is 18.1 Å². The number of carbonyl (C=O) groups excluding carboxylic acids is 2. The number of thioether (sulfide) groups is 1. The maximum atomic E-state index is 13.4. The first-order valence-electron chi connectivity index (χ1n) is 10.8. The van der Waals surface area contributed by atoms with Gasteiger partial charge in [-0.1, -0.05) is 54.2 Å². The summed E-state index contributed by atoms with van der Waals surface area (Å²) < 4.78 is 7.01. The van der Waals surface area contributed by atoms with Crippen LogP contribution in [0.1, 0.15) is 28.9 Å². The molecule has 1 aliphatic rings. The predicted molar refractivity (Wildman–Crippen MR) is 132 cm³/mol. The number of amides is 1. The number of benzene rings is 3. The second-order valence-electron chi connectivity index (χ2n) is 7.93. The number of hydrogen-bond donors (Lipinski definition) is 1. The van der Waals surface area contributed by atoms with Crippen molar-refractivity contribution >= 4 is 40.0 Å². The Morgan fingerprint density at radius 3 is 2.68 bits per heavy atom. The van der Waals surface area contributed by atoms with Crippen LogP contribution >= 0.6 is 11.8 Å². The van der Waals surface area contributed by atoms with Crippen LogP contribution in [0.5, 0.6) is 5.75 Å². The normalized spacial score (nSPS) is 13.6. The van der Waals surface area contributed by atoms with Gasteiger partial charge in [-0.2, -0.15) is 0 Å². The largest absolute Gasteiger partial charge is 0.482 e. The first kappa shape index (κ1) is 21.9. The summed E-state index contributed by atoms with van der Waals surface area (Å²) in [6.45, 7) is 1.91. The van der Waals surface area contributed by atoms with Crippen LogP contribution < -0.4 is 15.6 Å². The van der Waals surface area contributed by atoms with Gasteiger partial charge in [0.1, 0.15) is 5.75 Å². The molecule has 1 N–H and O–H groups in total. The molecule has 170 valence electrons. The highest BCUT2D eigenvalue weighted by Crippen LogP contribution is 2.30. The van der Waals surface area contributed by atoms with E-state index in [0.29, 0.717) is 33.1 Å². The number of fused-ring (bicyclic) bond motifs is 2. The number of nitrogens with zero attached hydrogens (tertiary/aromatic N) is 2. The summed E-state index contributed by atoms with van der Waals surface area (Å²) in [5.41, 5.74) is 2.34. The van der Waals surface area contributed by atoms with Crippen molar-refractivity contribution in [3.63, 3.8) is 0 Å². The quantitative estimate of drug-likeness (QED) is 0.256. The number of anilines is 1. The lowest BCUT2D eigenvalue weighted by Crippen LogP contribution is -2.27. The molecule has 0 fully saturated rings. The third-order valence-electron chi connectivity index (χ3n) is 5.71. The van der Waals surface area contributed by atoms with Gasteiger partial charge < -0.3 is 10.1 Å². The Morgan fingerprint density at radius 1 is 1.09 bits per heavy atom. The molecule has 0 unspecified atom stereocenters. The van der Waals surface area contributed by atoms with Crippen molar-refractivity contribution in [2.24, 2.45) is 0 Å². The lowest BCUT2D eigenvalue weighted by atomic mass is 10.1. The first-order chi connectivity index (χ1) is 16.5. The van der Waals surface area contributed by atoms with Gasteiger partial charge >= 0.3 is 0 Å². The molecule has 0 aliphatic carbocycles. The van der Waals surface area contributed by atoms with E-state index < -0.39 is 0 Å². The van der Waals surface area contributed by atoms with Crippen molar-refractivity contribution in [3.05, 3.63) is 94.3 Å². The molecule has 1 aromatic heterocycles. The van der Waals surface area contributed by atoms with E-state index in [1.165, 1.54) is 11.8 Å². The molecule has 0 bridgehead atoms. The predicted octanol–water partition coefficient (Wildman–Crippen LogP) is 4.31. The number of ether oxygens (including phenoxy) is 1. The summed E-state index contributed by atoms with van der Waals surface area (Å²) >= 11 is 1.22. The van der Waals surface area contributed by atoms with Crippen LogP contribution in [-0.2, 0) is 4.79 Å². The van der Waals surface area contributed by atoms with E-state index in [9.17, 15) is 14.4 Å². The standard InChI is InChI=1S/C26H21N3O4S/c1-16(17-7-3-2-4-8-17)29-25(32)19-9-5-6-10-20(19)28-26(29)34-15-22(30)18-11-12-23-21(13-18)27-24(31)14-33-23/h2-13,16H,14-15H2,1H3,(H,27,31)/t16-/m1/s1. The van der Waals surface area contributed by atoms with Gasteiger partial charge in [-0.15, -0.1) is 0 Å². The maximum absolute atomic E-state index is 13.4. The van der Waals surface area contributed by atoms with Crippen LogP contribution in [0, 0.1) is 0 Å². The van der Waals surface area contributed by atoms with E-state index in [1.807, 2.05) is 49.4 Å². The average Bonchev–Trinajstić information content (AvgIpc) is 2.87. The second-order valence-corrected chi connectivity index (χ2v) is 8.88. The Balaban J connectivity index is 1.47. The SMILES string of the molecule is C[C@H](c1ccccc1)n1c(SCC(=O)c2ccc3c(c2)NC(=O)CO3)nc2ccccc2c1=O. The van der Waals surface area contributed by atoms with Gasteiger partial charge in [-0.3, -0.25) is 19.0 Å². The lowest BCUT2D eigenvalue weighted by Gasteiger charge is -2.20. The molecule has 3 aromatic carbocycles. The summed E-state index contributed by atoms with van der Waals surface area (Å²) in [4.78, 5) is 42.8. The first-order valence-corrected chi connectivity index (χ1v) is 11.8. The zero-order valence-electron chi connectivity index (χ0n) is 18.4. The van der Waals surface area contributed by atoms with Crippen LogP contribution in [-0.4, -0.2) is 33.6 Å². The summed E-state index contributed by atoms with van der Waals surface area (Å²) in [5, 5.41) is 3.73. The smallest absolute Gasteiger partial charge is 0.262 e. The molecule has 0 spiro atoms. The van der Waals surface area contributed by atoms with Crippen LogP contribution in [0.3, 0.4) is 0 Å². The van der Waals surface area contributed by atoms with Gasteiger partial charge in [0.05, 0.1) is 28.4 Å². The van der Waals surface area contributed by atoms with Crippen molar-refractivity contribution in [3.8, 4) is 5.75 Å². The van der Waals surface area contributed by atoms with Gasteiger partial charge in [0.25, 0.3) is 11.5 Å². The number of rotatable bonds is 6. The monoisotopic (exact) mass is 471 g/mol. The van der Waals surface area contributed by atoms with Gasteiger partial charge in [-0.05, 0) is 42.8 Å². The minimum Gasteiger partial charge on any atom is -0.482 e. The topological polar surface area (TPSA) is 90.3 Å². The van der Waals surface area contributed by atoms with Crippen molar-refractivity contribution in [1.82, 2.24) is 9.55 Å². The molecule has 0 saturated heterocycles. The summed E-state index contributed by atoms with van der Waals surface area (Å²) in [6.07, 6.45) is 0. The number of ketones is 1. The number of carbonyl (C=O) groups is 2. The van der Waals surface area contributed by atoms with Crippen molar-refractivity contribution in [1.29, 1.82) is 0 Å². The van der Waals surface area contributed by atoms with Crippen molar-refractivity contribution in [2.75, 3.05) is 17.7 Å². The zero-order valence-corrected chi connectivity index (χ0v) is 19.2. The molecule has 2 heterocycles. The third kappa shape index (κ3) is 4.20. The number of aromatic nitrogens is 2. The minimum absolute atomic E-state index is 0.0408. The molecular weight excluding hydrogens is 450 g/mol. The average molecular weight is 472 g/mol. The number of nitrogens with one attached hydrogen (secondary N) is 1. The molecule has 34 heavy (non-hydrogen) atoms. The van der Waals surface area contributed by atoms with E-state index in [1.54, 1.807) is 34.9 Å². The van der Waals surface area contributed by atoms with Crippen LogP contribution in [0.4, 0.5) is 5.69 Å². The number of hydrogen-bond acceptors (Lipinski definition) is 6. The number of para-hydroxylation sites is 1. The van der Waals surface area contributed by atoms with E-state index in [2.05, 4.69) is 5.32 Å². The molecule has 7 nitrogen and oxygen atoms in total. The highest BCUT2D eigenvalue weighted by molar-refractivity contribution is 7.99. The summed E-state index contributed by atoms with van der Waals surface area (Å²) in [7, 11) is 0. The second kappa shape index (κ2) is 9.15. The molecule has 8 heteroatoms. The minimum atomic E-state index is -0.264. The Hall–Kier alpha value is -3.91. The van der Waals surface area contributed by atoms with Crippen LogP contribution in [0.25, 0.3) is 10.9 Å². The van der Waals surface area contributed by atoms with E-state index in [0.717, 1.165) is 5.56 Å². The van der Waals surface area contributed by atoms with Crippen LogP contribution in [0.15, 0.2) is 82.7 Å². The van der Waals surface area contributed by atoms with Crippen molar-refractivity contribution < 1.29 is 14.3 Å². The summed E-state index contributed by atoms with van der Waals surface area (Å²) in [6, 6.07) is 21.6. The van der Waals surface area contributed by atoms with Gasteiger partial charge in [0, 0.05) is 5.56 Å². The van der Waals surface area contributed by atoms with Crippen LogP contribution in [0.2, 0.25) is 0 Å². The lowest BCUT2D eigenvalue weighted by molar-refractivity contribution is -0.118. The molecule has 4 aromatic rings. The fourth-order valence-corrected chi connectivity index (χ4v) is 4.89. The van der Waals surface area contributed by atoms with Gasteiger partial charge in [-0.25, -0.2) is 4.98 Å². The zero-order chi connectivity index (χ0) is 23.7. The Morgan fingerprint density at radius 2 is 1.85 bits per heavy atom. The van der Waals surface area contributed by atoms with Gasteiger partial charge in [0.15, 0.2) is 17.5 Å². The molecule has 1 atom stereocenters. The fourth-order valence-electron chi connectivity index (χ4n) is 3.92. The van der Waals surface area contributed by atoms with E-state index in [-0.39, 0.29) is 35.7 Å². The Labute approximate surface area is 199 Å². The Bertz CT molecular complexity index is 1470. The molecule has 0 saturated carbocycles.